The third kappa shape index (κ3) is 5.38. The van der Waals surface area contributed by atoms with Gasteiger partial charge < -0.3 is 15.1 Å². The van der Waals surface area contributed by atoms with E-state index in [0.717, 1.165) is 74.9 Å². The van der Waals surface area contributed by atoms with Crippen LogP contribution in [0.1, 0.15) is 44.1 Å². The molecule has 5 heteroatoms. The van der Waals surface area contributed by atoms with Gasteiger partial charge in [0.25, 0.3) is 0 Å². The van der Waals surface area contributed by atoms with E-state index >= 15 is 0 Å². The first kappa shape index (κ1) is 20.8. The molecule has 1 aromatic heterocycles. The number of hydrogen-bond donors (Lipinski definition) is 1. The predicted molar refractivity (Wildman–Crippen MR) is 121 cm³/mol. The summed E-state index contributed by atoms with van der Waals surface area (Å²) in [4.78, 5) is 22.0. The van der Waals surface area contributed by atoms with Gasteiger partial charge in [0, 0.05) is 56.3 Å². The highest BCUT2D eigenvalue weighted by Crippen LogP contribution is 2.28. The summed E-state index contributed by atoms with van der Waals surface area (Å²) in [5, 5.41) is 4.41. The number of likely N-dealkylation sites (N-methyl/N-ethyl adjacent to an activating group) is 1. The average Bonchev–Trinajstić information content (AvgIpc) is 2.78. The molecule has 1 N–H and O–H groups in total. The maximum atomic E-state index is 12.8. The van der Waals surface area contributed by atoms with Crippen LogP contribution in [-0.2, 0) is 4.79 Å². The molecule has 4 rings (SSSR count). The molecule has 1 saturated heterocycles. The van der Waals surface area contributed by atoms with Crippen LogP contribution in [0.15, 0.2) is 36.5 Å². The first-order valence-electron chi connectivity index (χ1n) is 11.2. The lowest BCUT2D eigenvalue weighted by Gasteiger charge is -2.35. The molecule has 1 saturated carbocycles. The Morgan fingerprint density at radius 3 is 2.70 bits per heavy atom. The van der Waals surface area contributed by atoms with Gasteiger partial charge in [0.2, 0.25) is 5.91 Å². The van der Waals surface area contributed by atoms with Crippen molar-refractivity contribution in [3.63, 3.8) is 0 Å². The van der Waals surface area contributed by atoms with Crippen molar-refractivity contribution in [3.8, 4) is 11.8 Å². The predicted octanol–water partition coefficient (Wildman–Crippen LogP) is 3.04. The van der Waals surface area contributed by atoms with Crippen molar-refractivity contribution in [2.75, 3.05) is 39.8 Å². The van der Waals surface area contributed by atoms with Gasteiger partial charge in [-0.15, -0.1) is 0 Å². The zero-order chi connectivity index (χ0) is 20.8. The quantitative estimate of drug-likeness (QED) is 0.796. The molecule has 30 heavy (non-hydrogen) atoms. The number of hydrogen-bond acceptors (Lipinski definition) is 4. The molecule has 1 aromatic carbocycles. The first-order valence-corrected chi connectivity index (χ1v) is 11.2. The molecule has 0 radical (unpaired) electrons. The lowest BCUT2D eigenvalue weighted by Crippen LogP contribution is -2.50. The van der Waals surface area contributed by atoms with Gasteiger partial charge in [0.15, 0.2) is 0 Å². The Bertz CT molecular complexity index is 931. The van der Waals surface area contributed by atoms with Gasteiger partial charge in [-0.2, -0.15) is 0 Å². The third-order valence-electron chi connectivity index (χ3n) is 6.37. The zero-order valence-corrected chi connectivity index (χ0v) is 18.0. The van der Waals surface area contributed by atoms with Crippen molar-refractivity contribution in [3.05, 3.63) is 42.1 Å². The molecule has 2 aromatic rings. The van der Waals surface area contributed by atoms with E-state index in [1.54, 1.807) is 0 Å². The number of pyridine rings is 1. The number of carbonyl (C=O) groups is 1. The second-order valence-electron chi connectivity index (χ2n) is 8.75. The minimum Gasteiger partial charge on any atom is -0.340 e. The maximum Gasteiger partial charge on any atom is 0.222 e. The molecule has 0 atom stereocenters. The molecular weight excluding hydrogens is 372 g/mol. The highest BCUT2D eigenvalue weighted by Gasteiger charge is 2.31. The summed E-state index contributed by atoms with van der Waals surface area (Å²) in [6.45, 7) is 5.08. The summed E-state index contributed by atoms with van der Waals surface area (Å²) >= 11 is 0. The number of carbonyl (C=O) groups excluding carboxylic acids is 1. The number of rotatable bonds is 4. The normalized spacial score (nSPS) is 19.8. The average molecular weight is 405 g/mol. The molecule has 2 heterocycles. The van der Waals surface area contributed by atoms with Crippen molar-refractivity contribution < 1.29 is 4.79 Å². The second kappa shape index (κ2) is 9.59. The molecule has 1 aliphatic heterocycles. The van der Waals surface area contributed by atoms with Gasteiger partial charge in [-0.25, -0.2) is 0 Å². The zero-order valence-electron chi connectivity index (χ0n) is 18.0. The summed E-state index contributed by atoms with van der Waals surface area (Å²) in [6, 6.07) is 10.2. The number of nitrogens with zero attached hydrogens (tertiary/aromatic N) is 3. The fourth-order valence-electron chi connectivity index (χ4n) is 4.43. The standard InChI is InChI=1S/C25H32N4O/c1-28-15-17-29(18-16-28)14-10-24(30)27-25(11-5-2-6-12-25)13-9-21-19-22-7-3-4-8-23(22)26-20-21/h3-4,7-8,19-20H,2,5-6,10-12,14-18H2,1H3,(H,27,30). The minimum atomic E-state index is -0.400. The van der Waals surface area contributed by atoms with Crippen LogP contribution < -0.4 is 5.32 Å². The van der Waals surface area contributed by atoms with Crippen LogP contribution >= 0.6 is 0 Å². The summed E-state index contributed by atoms with van der Waals surface area (Å²) in [7, 11) is 2.15. The summed E-state index contributed by atoms with van der Waals surface area (Å²) in [6.07, 6.45) is 7.69. The Morgan fingerprint density at radius 2 is 1.90 bits per heavy atom. The number of piperazine rings is 1. The van der Waals surface area contributed by atoms with Gasteiger partial charge in [0.1, 0.15) is 5.54 Å². The van der Waals surface area contributed by atoms with Crippen LogP contribution in [-0.4, -0.2) is 66.0 Å². The Labute approximate surface area is 179 Å². The van der Waals surface area contributed by atoms with E-state index in [-0.39, 0.29) is 5.91 Å². The monoisotopic (exact) mass is 404 g/mol. The molecule has 0 spiro atoms. The van der Waals surface area contributed by atoms with E-state index < -0.39 is 5.54 Å². The fraction of sp³-hybridized carbons (Fsp3) is 0.520. The first-order chi connectivity index (χ1) is 14.6. The molecule has 1 aliphatic carbocycles. The van der Waals surface area contributed by atoms with E-state index in [9.17, 15) is 4.79 Å². The molecule has 2 fully saturated rings. The number of fused-ring (bicyclic) bond motifs is 1. The Balaban J connectivity index is 1.42. The summed E-state index contributed by atoms with van der Waals surface area (Å²) in [5.74, 6) is 6.90. The molecular formula is C25H32N4O. The van der Waals surface area contributed by atoms with E-state index in [1.165, 1.54) is 6.42 Å². The van der Waals surface area contributed by atoms with Crippen molar-refractivity contribution in [1.82, 2.24) is 20.1 Å². The Hall–Kier alpha value is -2.42. The van der Waals surface area contributed by atoms with E-state index in [2.05, 4.69) is 51.1 Å². The third-order valence-corrected chi connectivity index (χ3v) is 6.37. The van der Waals surface area contributed by atoms with Gasteiger partial charge in [-0.3, -0.25) is 9.78 Å². The lowest BCUT2D eigenvalue weighted by atomic mass is 9.82. The van der Waals surface area contributed by atoms with Crippen molar-refractivity contribution in [2.45, 2.75) is 44.1 Å². The van der Waals surface area contributed by atoms with Crippen LogP contribution in [0.2, 0.25) is 0 Å². The minimum absolute atomic E-state index is 0.127. The van der Waals surface area contributed by atoms with E-state index in [0.29, 0.717) is 6.42 Å². The Kier molecular flexibility index (Phi) is 6.66. The Morgan fingerprint density at radius 1 is 1.13 bits per heavy atom. The topological polar surface area (TPSA) is 48.5 Å². The number of benzene rings is 1. The van der Waals surface area contributed by atoms with Crippen LogP contribution in [0.25, 0.3) is 10.9 Å². The molecule has 1 amide bonds. The second-order valence-corrected chi connectivity index (χ2v) is 8.75. The molecule has 0 unspecified atom stereocenters. The van der Waals surface area contributed by atoms with Crippen LogP contribution in [0.5, 0.6) is 0 Å². The van der Waals surface area contributed by atoms with Crippen molar-refractivity contribution in [2.24, 2.45) is 0 Å². The van der Waals surface area contributed by atoms with Gasteiger partial charge in [0.05, 0.1) is 5.52 Å². The van der Waals surface area contributed by atoms with E-state index in [4.69, 9.17) is 0 Å². The summed E-state index contributed by atoms with van der Waals surface area (Å²) < 4.78 is 0. The largest absolute Gasteiger partial charge is 0.340 e. The lowest BCUT2D eigenvalue weighted by molar-refractivity contribution is -0.123. The van der Waals surface area contributed by atoms with Crippen LogP contribution in [0, 0.1) is 11.8 Å². The van der Waals surface area contributed by atoms with Gasteiger partial charge in [-0.1, -0.05) is 49.3 Å². The van der Waals surface area contributed by atoms with Gasteiger partial charge >= 0.3 is 0 Å². The number of para-hydroxylation sites is 1. The maximum absolute atomic E-state index is 12.8. The number of aromatic nitrogens is 1. The van der Waals surface area contributed by atoms with E-state index in [1.807, 2.05) is 24.4 Å². The van der Waals surface area contributed by atoms with Gasteiger partial charge in [-0.05, 0) is 32.0 Å². The number of amides is 1. The smallest absolute Gasteiger partial charge is 0.222 e. The molecule has 2 aliphatic rings. The van der Waals surface area contributed by atoms with Crippen molar-refractivity contribution in [1.29, 1.82) is 0 Å². The van der Waals surface area contributed by atoms with Crippen LogP contribution in [0.3, 0.4) is 0 Å². The highest BCUT2D eigenvalue weighted by molar-refractivity contribution is 5.80. The molecule has 158 valence electrons. The fourth-order valence-corrected chi connectivity index (χ4v) is 4.43. The number of nitrogens with one attached hydrogen (secondary N) is 1. The molecule has 0 bridgehead atoms. The summed E-state index contributed by atoms with van der Waals surface area (Å²) in [5.41, 5.74) is 1.49. The van der Waals surface area contributed by atoms with Crippen molar-refractivity contribution >= 4 is 16.8 Å². The highest BCUT2D eigenvalue weighted by atomic mass is 16.1. The SMILES string of the molecule is CN1CCN(CCC(=O)NC2(C#Cc3cnc4ccccc4c3)CCCCC2)CC1. The molecule has 5 nitrogen and oxygen atoms in total. The van der Waals surface area contributed by atoms with Crippen LogP contribution in [0.4, 0.5) is 0 Å².